The van der Waals surface area contributed by atoms with Crippen molar-refractivity contribution in [2.75, 3.05) is 36.4 Å². The third-order valence-electron chi connectivity index (χ3n) is 6.52. The van der Waals surface area contributed by atoms with E-state index in [1.54, 1.807) is 0 Å². The van der Waals surface area contributed by atoms with Crippen LogP contribution in [0.15, 0.2) is 18.2 Å². The van der Waals surface area contributed by atoms with E-state index in [-0.39, 0.29) is 17.2 Å². The van der Waals surface area contributed by atoms with Crippen molar-refractivity contribution in [3.8, 4) is 0 Å². The maximum absolute atomic E-state index is 13.3. The number of amides is 2. The van der Waals surface area contributed by atoms with Crippen molar-refractivity contribution in [1.82, 2.24) is 4.90 Å². The lowest BCUT2D eigenvalue weighted by molar-refractivity contribution is -0.117. The molecular formula is C26H41N3O2. The van der Waals surface area contributed by atoms with Crippen LogP contribution in [0.2, 0.25) is 0 Å². The summed E-state index contributed by atoms with van der Waals surface area (Å²) in [4.78, 5) is 30.3. The highest BCUT2D eigenvalue weighted by Crippen LogP contribution is 2.31. The number of hydrogen-bond acceptors (Lipinski definition) is 3. The summed E-state index contributed by atoms with van der Waals surface area (Å²) in [7, 11) is 0. The average Bonchev–Trinajstić information content (AvgIpc) is 3.21. The second-order valence-corrected chi connectivity index (χ2v) is 11.0. The Morgan fingerprint density at radius 3 is 2.35 bits per heavy atom. The maximum atomic E-state index is 13.3. The molecular weight excluding hydrogens is 386 g/mol. The maximum Gasteiger partial charge on any atom is 0.256 e. The second-order valence-electron chi connectivity index (χ2n) is 11.0. The monoisotopic (exact) mass is 427 g/mol. The predicted molar refractivity (Wildman–Crippen MR) is 129 cm³/mol. The molecule has 0 aliphatic carbocycles. The van der Waals surface area contributed by atoms with Crippen molar-refractivity contribution in [3.05, 3.63) is 23.8 Å². The van der Waals surface area contributed by atoms with Crippen LogP contribution in [0.3, 0.4) is 0 Å². The van der Waals surface area contributed by atoms with Crippen molar-refractivity contribution < 1.29 is 9.59 Å². The third-order valence-corrected chi connectivity index (χ3v) is 6.52. The van der Waals surface area contributed by atoms with E-state index >= 15 is 0 Å². The number of nitrogens with one attached hydrogen (secondary N) is 1. The third kappa shape index (κ3) is 6.72. The number of piperidine rings is 1. The minimum Gasteiger partial charge on any atom is -0.371 e. The molecule has 0 aromatic heterocycles. The lowest BCUT2D eigenvalue weighted by Crippen LogP contribution is -2.35. The van der Waals surface area contributed by atoms with Crippen molar-refractivity contribution in [2.45, 2.75) is 73.1 Å². The molecule has 1 aromatic rings. The molecule has 0 radical (unpaired) electrons. The van der Waals surface area contributed by atoms with Gasteiger partial charge in [0.15, 0.2) is 0 Å². The topological polar surface area (TPSA) is 52.7 Å². The van der Waals surface area contributed by atoms with Gasteiger partial charge in [-0.15, -0.1) is 0 Å². The Morgan fingerprint density at radius 2 is 1.74 bits per heavy atom. The molecule has 1 atom stereocenters. The van der Waals surface area contributed by atoms with E-state index in [4.69, 9.17) is 0 Å². The van der Waals surface area contributed by atoms with Crippen molar-refractivity contribution in [3.63, 3.8) is 0 Å². The zero-order chi connectivity index (χ0) is 22.6. The Morgan fingerprint density at radius 1 is 1.10 bits per heavy atom. The Balaban J connectivity index is 1.76. The SMILES string of the molecule is CC1CCN(c2ccc(NC(=O)C[C@@H](C)CC(C)(C)C)cc2C(=O)N2CCCC2)CC1. The standard InChI is InChI=1S/C26H41N3O2/c1-19-10-14-28(15-11-19)23-9-8-21(17-22(23)25(31)29-12-6-7-13-29)27-24(30)16-20(2)18-26(3,4)5/h8-9,17,19-20H,6-7,10-16,18H2,1-5H3,(H,27,30)/t20-/m1/s1. The largest absolute Gasteiger partial charge is 0.371 e. The number of likely N-dealkylation sites (tertiary alicyclic amines) is 1. The minimum absolute atomic E-state index is 0.0240. The Bertz CT molecular complexity index is 769. The normalized spacial score (nSPS) is 18.9. The quantitative estimate of drug-likeness (QED) is 0.647. The summed E-state index contributed by atoms with van der Waals surface area (Å²) in [6, 6.07) is 5.90. The fraction of sp³-hybridized carbons (Fsp3) is 0.692. The Kier molecular flexibility index (Phi) is 7.66. The number of carbonyl (C=O) groups excluding carboxylic acids is 2. The number of rotatable bonds is 6. The van der Waals surface area contributed by atoms with Gasteiger partial charge in [0.25, 0.3) is 5.91 Å². The van der Waals surface area contributed by atoms with Crippen molar-refractivity contribution in [2.24, 2.45) is 17.3 Å². The van der Waals surface area contributed by atoms with E-state index < -0.39 is 0 Å². The molecule has 31 heavy (non-hydrogen) atoms. The Labute approximate surface area is 188 Å². The summed E-state index contributed by atoms with van der Waals surface area (Å²) in [5, 5.41) is 3.05. The first-order chi connectivity index (χ1) is 14.6. The van der Waals surface area contributed by atoms with Gasteiger partial charge in [0.2, 0.25) is 5.91 Å². The zero-order valence-corrected chi connectivity index (χ0v) is 20.2. The fourth-order valence-electron chi connectivity index (χ4n) is 5.05. The molecule has 0 bridgehead atoms. The molecule has 2 fully saturated rings. The zero-order valence-electron chi connectivity index (χ0n) is 20.2. The number of carbonyl (C=O) groups is 2. The average molecular weight is 428 g/mol. The first-order valence-corrected chi connectivity index (χ1v) is 12.1. The van der Waals surface area contributed by atoms with Gasteiger partial charge in [-0.25, -0.2) is 0 Å². The molecule has 2 aliphatic heterocycles. The van der Waals surface area contributed by atoms with E-state index in [0.717, 1.165) is 81.1 Å². The van der Waals surface area contributed by atoms with Crippen LogP contribution in [0.4, 0.5) is 11.4 Å². The van der Waals surface area contributed by atoms with E-state index in [1.165, 1.54) is 0 Å². The molecule has 172 valence electrons. The number of benzene rings is 1. The molecule has 1 aromatic carbocycles. The highest BCUT2D eigenvalue weighted by Gasteiger charge is 2.26. The minimum atomic E-state index is 0.0240. The van der Waals surface area contributed by atoms with E-state index in [0.29, 0.717) is 12.3 Å². The van der Waals surface area contributed by atoms with Gasteiger partial charge in [0, 0.05) is 44.0 Å². The van der Waals surface area contributed by atoms with E-state index in [1.807, 2.05) is 23.1 Å². The molecule has 5 nitrogen and oxygen atoms in total. The summed E-state index contributed by atoms with van der Waals surface area (Å²) in [6.07, 6.45) is 5.96. The molecule has 2 saturated heterocycles. The summed E-state index contributed by atoms with van der Waals surface area (Å²) < 4.78 is 0. The second kappa shape index (κ2) is 10.1. The van der Waals surface area contributed by atoms with Crippen LogP contribution >= 0.6 is 0 Å². The van der Waals surface area contributed by atoms with Crippen LogP contribution in [-0.2, 0) is 4.79 Å². The Hall–Kier alpha value is -2.04. The van der Waals surface area contributed by atoms with Crippen molar-refractivity contribution in [1.29, 1.82) is 0 Å². The molecule has 5 heteroatoms. The lowest BCUT2D eigenvalue weighted by Gasteiger charge is -2.34. The van der Waals surface area contributed by atoms with E-state index in [9.17, 15) is 9.59 Å². The lowest BCUT2D eigenvalue weighted by atomic mass is 9.84. The van der Waals surface area contributed by atoms with Gasteiger partial charge in [-0.05, 0) is 67.6 Å². The van der Waals surface area contributed by atoms with Crippen LogP contribution in [-0.4, -0.2) is 42.9 Å². The molecule has 0 unspecified atom stereocenters. The summed E-state index contributed by atoms with van der Waals surface area (Å²) in [6.45, 7) is 14.7. The molecule has 3 rings (SSSR count). The molecule has 2 aliphatic rings. The highest BCUT2D eigenvalue weighted by atomic mass is 16.2. The molecule has 2 amide bonds. The van der Waals surface area contributed by atoms with Gasteiger partial charge < -0.3 is 15.1 Å². The van der Waals surface area contributed by atoms with Gasteiger partial charge >= 0.3 is 0 Å². The van der Waals surface area contributed by atoms with Gasteiger partial charge in [-0.3, -0.25) is 9.59 Å². The van der Waals surface area contributed by atoms with Gasteiger partial charge in [-0.1, -0.05) is 34.6 Å². The summed E-state index contributed by atoms with van der Waals surface area (Å²) in [5.74, 6) is 1.18. The first-order valence-electron chi connectivity index (χ1n) is 12.1. The van der Waals surface area contributed by atoms with Crippen LogP contribution in [0.25, 0.3) is 0 Å². The fourth-order valence-corrected chi connectivity index (χ4v) is 5.05. The number of nitrogens with zero attached hydrogens (tertiary/aromatic N) is 2. The van der Waals surface area contributed by atoms with Gasteiger partial charge in [0.05, 0.1) is 5.56 Å². The molecule has 0 spiro atoms. The van der Waals surface area contributed by atoms with Gasteiger partial charge in [0.1, 0.15) is 0 Å². The predicted octanol–water partition coefficient (Wildman–Crippen LogP) is 5.56. The highest BCUT2D eigenvalue weighted by molar-refractivity contribution is 6.02. The smallest absolute Gasteiger partial charge is 0.256 e. The molecule has 1 N–H and O–H groups in total. The summed E-state index contributed by atoms with van der Waals surface area (Å²) in [5.41, 5.74) is 2.69. The van der Waals surface area contributed by atoms with Gasteiger partial charge in [-0.2, -0.15) is 0 Å². The van der Waals surface area contributed by atoms with Crippen LogP contribution in [0, 0.1) is 17.3 Å². The summed E-state index contributed by atoms with van der Waals surface area (Å²) >= 11 is 0. The molecule has 2 heterocycles. The van der Waals surface area contributed by atoms with Crippen LogP contribution in [0.1, 0.15) is 83.5 Å². The van der Waals surface area contributed by atoms with Crippen molar-refractivity contribution >= 4 is 23.2 Å². The molecule has 0 saturated carbocycles. The van der Waals surface area contributed by atoms with Crippen LogP contribution in [0.5, 0.6) is 0 Å². The van der Waals surface area contributed by atoms with Crippen LogP contribution < -0.4 is 10.2 Å². The number of hydrogen-bond donors (Lipinski definition) is 1. The van der Waals surface area contributed by atoms with E-state index in [2.05, 4.69) is 44.8 Å². The first kappa shape index (κ1) is 23.6. The number of anilines is 2.